The number of pyridine rings is 1. The first kappa shape index (κ1) is 15.3. The minimum atomic E-state index is 0.919. The lowest BCUT2D eigenvalue weighted by Crippen LogP contribution is -2.30. The fourth-order valence-corrected chi connectivity index (χ4v) is 2.69. The molecule has 1 saturated heterocycles. The van der Waals surface area contributed by atoms with Gasteiger partial charge in [-0.15, -0.1) is 0 Å². The quantitative estimate of drug-likeness (QED) is 0.834. The lowest BCUT2D eigenvalue weighted by Gasteiger charge is -2.26. The van der Waals surface area contributed by atoms with Crippen molar-refractivity contribution in [2.75, 3.05) is 44.7 Å². The second-order valence-corrected chi connectivity index (χ2v) is 5.78. The first-order valence-corrected chi connectivity index (χ1v) is 7.80. The predicted octanol–water partition coefficient (Wildman–Crippen LogP) is 2.03. The molecule has 1 aliphatic heterocycles. The van der Waals surface area contributed by atoms with Crippen molar-refractivity contribution in [3.63, 3.8) is 0 Å². The van der Waals surface area contributed by atoms with Gasteiger partial charge in [0.05, 0.1) is 0 Å². The predicted molar refractivity (Wildman–Crippen MR) is 85.3 cm³/mol. The van der Waals surface area contributed by atoms with Gasteiger partial charge in [0.1, 0.15) is 0 Å². The summed E-state index contributed by atoms with van der Waals surface area (Å²) in [5, 5.41) is 3.50. The number of nitrogens with zero attached hydrogens (tertiary/aromatic N) is 3. The monoisotopic (exact) mass is 276 g/mol. The summed E-state index contributed by atoms with van der Waals surface area (Å²) in [6.45, 7) is 10.9. The maximum Gasteiger partial charge on any atom is 0.0446 e. The average molecular weight is 276 g/mol. The Labute approximate surface area is 123 Å². The van der Waals surface area contributed by atoms with Crippen molar-refractivity contribution < 1.29 is 0 Å². The van der Waals surface area contributed by atoms with Gasteiger partial charge < -0.3 is 15.1 Å². The molecule has 0 saturated carbocycles. The summed E-state index contributed by atoms with van der Waals surface area (Å²) in [7, 11) is 2.21. The maximum atomic E-state index is 4.47. The van der Waals surface area contributed by atoms with Crippen LogP contribution < -0.4 is 10.2 Å². The molecule has 1 N–H and O–H groups in total. The van der Waals surface area contributed by atoms with Crippen molar-refractivity contribution in [3.8, 4) is 0 Å². The third kappa shape index (κ3) is 4.18. The maximum absolute atomic E-state index is 4.47. The molecule has 0 unspecified atom stereocenters. The highest BCUT2D eigenvalue weighted by Gasteiger charge is 2.15. The van der Waals surface area contributed by atoms with Crippen LogP contribution >= 0.6 is 0 Å². The van der Waals surface area contributed by atoms with E-state index < -0.39 is 0 Å². The van der Waals surface area contributed by atoms with Crippen LogP contribution in [0.4, 0.5) is 5.69 Å². The van der Waals surface area contributed by atoms with Crippen molar-refractivity contribution in [2.45, 2.75) is 33.2 Å². The molecule has 112 valence electrons. The van der Waals surface area contributed by atoms with E-state index in [2.05, 4.69) is 47.1 Å². The van der Waals surface area contributed by atoms with Gasteiger partial charge in [0, 0.05) is 49.3 Å². The third-order valence-corrected chi connectivity index (χ3v) is 3.90. The molecule has 4 heteroatoms. The molecule has 2 heterocycles. The molecule has 0 spiro atoms. The van der Waals surface area contributed by atoms with Crippen LogP contribution in [0.5, 0.6) is 0 Å². The Hall–Kier alpha value is -1.13. The molecule has 20 heavy (non-hydrogen) atoms. The van der Waals surface area contributed by atoms with Crippen molar-refractivity contribution in [1.29, 1.82) is 0 Å². The average Bonchev–Trinajstić information content (AvgIpc) is 2.65. The van der Waals surface area contributed by atoms with Gasteiger partial charge in [-0.05, 0) is 46.0 Å². The summed E-state index contributed by atoms with van der Waals surface area (Å²) >= 11 is 0. The molecule has 4 nitrogen and oxygen atoms in total. The highest BCUT2D eigenvalue weighted by molar-refractivity contribution is 5.53. The molecule has 0 aromatic carbocycles. The molecule has 0 atom stereocenters. The van der Waals surface area contributed by atoms with Gasteiger partial charge in [0.15, 0.2) is 0 Å². The van der Waals surface area contributed by atoms with Crippen LogP contribution in [0.3, 0.4) is 0 Å². The molecular weight excluding hydrogens is 248 g/mol. The number of nitrogens with one attached hydrogen (secondary N) is 1. The van der Waals surface area contributed by atoms with Gasteiger partial charge in [-0.2, -0.15) is 0 Å². The van der Waals surface area contributed by atoms with Crippen LogP contribution in [-0.4, -0.2) is 49.7 Å². The van der Waals surface area contributed by atoms with Gasteiger partial charge in [0.2, 0.25) is 0 Å². The summed E-state index contributed by atoms with van der Waals surface area (Å²) < 4.78 is 0. The standard InChI is InChI=1S/C16H28N4/c1-4-6-17-12-15-13-18-14(2)11-16(15)20-8-5-7-19(3)9-10-20/h11,13,17H,4-10,12H2,1-3H3. The number of aryl methyl sites for hydroxylation is 1. The summed E-state index contributed by atoms with van der Waals surface area (Å²) in [6.07, 6.45) is 4.45. The SMILES string of the molecule is CCCNCc1cnc(C)cc1N1CCCN(C)CC1. The lowest BCUT2D eigenvalue weighted by atomic mass is 10.1. The zero-order valence-corrected chi connectivity index (χ0v) is 13.2. The number of hydrogen-bond donors (Lipinski definition) is 1. The van der Waals surface area contributed by atoms with Crippen LogP contribution in [0.2, 0.25) is 0 Å². The minimum Gasteiger partial charge on any atom is -0.370 e. The fraction of sp³-hybridized carbons (Fsp3) is 0.688. The largest absolute Gasteiger partial charge is 0.370 e. The van der Waals surface area contributed by atoms with E-state index in [0.717, 1.165) is 38.4 Å². The third-order valence-electron chi connectivity index (χ3n) is 3.90. The van der Waals surface area contributed by atoms with E-state index in [-0.39, 0.29) is 0 Å². The lowest BCUT2D eigenvalue weighted by molar-refractivity contribution is 0.360. The van der Waals surface area contributed by atoms with Gasteiger partial charge in [-0.1, -0.05) is 6.92 Å². The minimum absolute atomic E-state index is 0.919. The Morgan fingerprint density at radius 2 is 2.10 bits per heavy atom. The Morgan fingerprint density at radius 1 is 1.25 bits per heavy atom. The van der Waals surface area contributed by atoms with Crippen LogP contribution in [-0.2, 0) is 6.54 Å². The Balaban J connectivity index is 2.13. The molecule has 1 fully saturated rings. The van der Waals surface area contributed by atoms with Gasteiger partial charge >= 0.3 is 0 Å². The smallest absolute Gasteiger partial charge is 0.0446 e. The van der Waals surface area contributed by atoms with E-state index in [9.17, 15) is 0 Å². The van der Waals surface area contributed by atoms with E-state index in [1.54, 1.807) is 0 Å². The highest BCUT2D eigenvalue weighted by atomic mass is 15.2. The van der Waals surface area contributed by atoms with Gasteiger partial charge in [0.25, 0.3) is 0 Å². The summed E-state index contributed by atoms with van der Waals surface area (Å²) in [4.78, 5) is 9.42. The number of hydrogen-bond acceptors (Lipinski definition) is 4. The van der Waals surface area contributed by atoms with E-state index in [0.29, 0.717) is 0 Å². The van der Waals surface area contributed by atoms with Crippen molar-refractivity contribution in [2.24, 2.45) is 0 Å². The molecule has 2 rings (SSSR count). The Bertz CT molecular complexity index is 419. The van der Waals surface area contributed by atoms with Crippen molar-refractivity contribution in [3.05, 3.63) is 23.5 Å². The van der Waals surface area contributed by atoms with Crippen molar-refractivity contribution in [1.82, 2.24) is 15.2 Å². The molecular formula is C16H28N4. The van der Waals surface area contributed by atoms with E-state index in [1.165, 1.54) is 30.6 Å². The molecule has 1 aromatic rings. The number of anilines is 1. The molecule has 1 aromatic heterocycles. The highest BCUT2D eigenvalue weighted by Crippen LogP contribution is 2.22. The van der Waals surface area contributed by atoms with E-state index in [1.807, 2.05) is 6.20 Å². The molecule has 0 aliphatic carbocycles. The Kier molecular flexibility index (Phi) is 5.80. The first-order valence-electron chi connectivity index (χ1n) is 7.80. The van der Waals surface area contributed by atoms with Crippen LogP contribution in [0.25, 0.3) is 0 Å². The number of aromatic nitrogens is 1. The molecule has 0 amide bonds. The Morgan fingerprint density at radius 3 is 2.90 bits per heavy atom. The zero-order valence-electron chi connectivity index (χ0n) is 13.2. The summed E-state index contributed by atoms with van der Waals surface area (Å²) in [6, 6.07) is 2.24. The second-order valence-electron chi connectivity index (χ2n) is 5.78. The van der Waals surface area contributed by atoms with Crippen LogP contribution in [0.1, 0.15) is 31.0 Å². The summed E-state index contributed by atoms with van der Waals surface area (Å²) in [5.41, 5.74) is 3.81. The molecule has 0 radical (unpaired) electrons. The fourth-order valence-electron chi connectivity index (χ4n) is 2.69. The normalized spacial score (nSPS) is 17.2. The first-order chi connectivity index (χ1) is 9.70. The number of likely N-dealkylation sites (N-methyl/N-ethyl adjacent to an activating group) is 1. The topological polar surface area (TPSA) is 31.4 Å². The molecule has 0 bridgehead atoms. The number of rotatable bonds is 5. The van der Waals surface area contributed by atoms with Gasteiger partial charge in [-0.3, -0.25) is 4.98 Å². The van der Waals surface area contributed by atoms with E-state index >= 15 is 0 Å². The van der Waals surface area contributed by atoms with Gasteiger partial charge in [-0.25, -0.2) is 0 Å². The zero-order chi connectivity index (χ0) is 14.4. The second kappa shape index (κ2) is 7.60. The summed E-state index contributed by atoms with van der Waals surface area (Å²) in [5.74, 6) is 0. The molecule has 1 aliphatic rings. The van der Waals surface area contributed by atoms with Crippen LogP contribution in [0, 0.1) is 6.92 Å². The van der Waals surface area contributed by atoms with Crippen LogP contribution in [0.15, 0.2) is 12.3 Å². The van der Waals surface area contributed by atoms with E-state index in [4.69, 9.17) is 0 Å². The van der Waals surface area contributed by atoms with Crippen molar-refractivity contribution >= 4 is 5.69 Å².